The number of para-hydroxylation sites is 1. The monoisotopic (exact) mass is 312 g/mol. The summed E-state index contributed by atoms with van der Waals surface area (Å²) >= 11 is 0. The van der Waals surface area contributed by atoms with Crippen molar-refractivity contribution in [3.05, 3.63) is 60.2 Å². The van der Waals surface area contributed by atoms with Gasteiger partial charge in [-0.3, -0.25) is 4.79 Å². The van der Waals surface area contributed by atoms with Crippen LogP contribution in [0.15, 0.2) is 53.1 Å². The van der Waals surface area contributed by atoms with Gasteiger partial charge in [0.2, 0.25) is 5.91 Å². The van der Waals surface area contributed by atoms with Crippen molar-refractivity contribution in [2.75, 3.05) is 6.54 Å². The van der Waals surface area contributed by atoms with Crippen molar-refractivity contribution < 1.29 is 14.3 Å². The molecule has 23 heavy (non-hydrogen) atoms. The van der Waals surface area contributed by atoms with Gasteiger partial charge in [0.15, 0.2) is 0 Å². The number of aryl methyl sites for hydroxylation is 1. The lowest BCUT2D eigenvalue weighted by molar-refractivity contribution is -0.123. The molecule has 0 spiro atoms. The predicted molar refractivity (Wildman–Crippen MR) is 88.0 cm³/mol. The lowest BCUT2D eigenvalue weighted by Crippen LogP contribution is -2.39. The van der Waals surface area contributed by atoms with Gasteiger partial charge in [0.25, 0.3) is 0 Å². The van der Waals surface area contributed by atoms with E-state index in [1.807, 2.05) is 48.0 Å². The Bertz CT molecular complexity index is 830. The fourth-order valence-electron chi connectivity index (χ4n) is 2.57. The molecule has 0 fully saturated rings. The quantitative estimate of drug-likeness (QED) is 0.761. The average Bonchev–Trinajstić information content (AvgIpc) is 3.13. The van der Waals surface area contributed by atoms with Gasteiger partial charge in [-0.15, -0.1) is 0 Å². The van der Waals surface area contributed by atoms with Crippen LogP contribution in [0.4, 0.5) is 0 Å². The first-order valence-electron chi connectivity index (χ1n) is 7.55. The summed E-state index contributed by atoms with van der Waals surface area (Å²) in [6.45, 7) is 3.74. The molecule has 120 valence electrons. The number of nitrogens with zero attached hydrogens (tertiary/aromatic N) is 1. The number of rotatable bonds is 5. The number of carbonyl (C=O) groups is 1. The van der Waals surface area contributed by atoms with E-state index in [-0.39, 0.29) is 19.0 Å². The molecule has 3 rings (SSSR count). The maximum absolute atomic E-state index is 12.2. The van der Waals surface area contributed by atoms with E-state index < -0.39 is 5.60 Å². The molecular formula is C18H20N2O3. The van der Waals surface area contributed by atoms with Gasteiger partial charge in [-0.1, -0.05) is 18.2 Å². The zero-order chi connectivity index (χ0) is 16.4. The first-order valence-corrected chi connectivity index (χ1v) is 7.55. The highest BCUT2D eigenvalue weighted by molar-refractivity contribution is 5.83. The van der Waals surface area contributed by atoms with Crippen molar-refractivity contribution in [2.45, 2.75) is 26.0 Å². The molecule has 0 aliphatic carbocycles. The SMILES string of the molecule is Cc1ccc(C(C)(O)CNC(=O)Cn2ccc3ccccc32)o1. The van der Waals surface area contributed by atoms with Crippen molar-refractivity contribution in [1.29, 1.82) is 0 Å². The molecule has 2 heterocycles. The molecule has 0 saturated carbocycles. The third kappa shape index (κ3) is 3.29. The van der Waals surface area contributed by atoms with E-state index in [1.54, 1.807) is 19.1 Å². The van der Waals surface area contributed by atoms with E-state index in [0.29, 0.717) is 5.76 Å². The van der Waals surface area contributed by atoms with Gasteiger partial charge in [0.05, 0.1) is 6.54 Å². The highest BCUT2D eigenvalue weighted by Gasteiger charge is 2.27. The van der Waals surface area contributed by atoms with Crippen LogP contribution in [0.5, 0.6) is 0 Å². The van der Waals surface area contributed by atoms with Gasteiger partial charge in [-0.05, 0) is 43.5 Å². The normalized spacial score (nSPS) is 13.9. The number of aliphatic hydroxyl groups is 1. The Hall–Kier alpha value is -2.53. The van der Waals surface area contributed by atoms with Crippen LogP contribution in [0, 0.1) is 6.92 Å². The van der Waals surface area contributed by atoms with E-state index in [4.69, 9.17) is 4.42 Å². The molecule has 1 atom stereocenters. The van der Waals surface area contributed by atoms with E-state index in [9.17, 15) is 9.90 Å². The summed E-state index contributed by atoms with van der Waals surface area (Å²) in [4.78, 5) is 12.2. The minimum atomic E-state index is -1.23. The lowest BCUT2D eigenvalue weighted by Gasteiger charge is -2.21. The molecule has 3 aromatic rings. The van der Waals surface area contributed by atoms with Crippen LogP contribution in [-0.2, 0) is 16.9 Å². The number of carbonyl (C=O) groups excluding carboxylic acids is 1. The van der Waals surface area contributed by atoms with Crippen molar-refractivity contribution in [3.8, 4) is 0 Å². The Morgan fingerprint density at radius 2 is 2.04 bits per heavy atom. The number of hydrogen-bond acceptors (Lipinski definition) is 3. The third-order valence-electron chi connectivity index (χ3n) is 3.90. The summed E-state index contributed by atoms with van der Waals surface area (Å²) in [7, 11) is 0. The Morgan fingerprint density at radius 3 is 2.78 bits per heavy atom. The van der Waals surface area contributed by atoms with Crippen LogP contribution in [0.1, 0.15) is 18.4 Å². The zero-order valence-electron chi connectivity index (χ0n) is 13.2. The highest BCUT2D eigenvalue weighted by Crippen LogP contribution is 2.22. The van der Waals surface area contributed by atoms with Crippen molar-refractivity contribution in [2.24, 2.45) is 0 Å². The van der Waals surface area contributed by atoms with Crippen molar-refractivity contribution in [1.82, 2.24) is 9.88 Å². The summed E-state index contributed by atoms with van der Waals surface area (Å²) in [5.41, 5.74) is -0.223. The molecule has 5 heteroatoms. The second-order valence-corrected chi connectivity index (χ2v) is 5.96. The van der Waals surface area contributed by atoms with E-state index in [0.717, 1.165) is 16.7 Å². The summed E-state index contributed by atoms with van der Waals surface area (Å²) in [6, 6.07) is 13.4. The maximum atomic E-state index is 12.2. The van der Waals surface area contributed by atoms with E-state index in [1.165, 1.54) is 0 Å². The standard InChI is InChI=1S/C18H20N2O3/c1-13-7-8-16(23-13)18(2,22)12-19-17(21)11-20-10-9-14-5-3-4-6-15(14)20/h3-10,22H,11-12H2,1-2H3,(H,19,21). The fourth-order valence-corrected chi connectivity index (χ4v) is 2.57. The van der Waals surface area contributed by atoms with Gasteiger partial charge < -0.3 is 19.4 Å². The van der Waals surface area contributed by atoms with Crippen LogP contribution in [-0.4, -0.2) is 22.1 Å². The summed E-state index contributed by atoms with van der Waals surface area (Å²) in [5.74, 6) is 1.02. The average molecular weight is 312 g/mol. The van der Waals surface area contributed by atoms with Crippen molar-refractivity contribution in [3.63, 3.8) is 0 Å². The molecule has 2 N–H and O–H groups in total. The second kappa shape index (κ2) is 5.93. The van der Waals surface area contributed by atoms with Gasteiger partial charge >= 0.3 is 0 Å². The van der Waals surface area contributed by atoms with E-state index >= 15 is 0 Å². The summed E-state index contributed by atoms with van der Waals surface area (Å²) in [5, 5.41) is 14.3. The molecule has 1 unspecified atom stereocenters. The fraction of sp³-hybridized carbons (Fsp3) is 0.278. The molecule has 1 aromatic carbocycles. The minimum Gasteiger partial charge on any atom is -0.463 e. The second-order valence-electron chi connectivity index (χ2n) is 5.96. The molecule has 0 radical (unpaired) electrons. The predicted octanol–water partition coefficient (Wildman–Crippen LogP) is 2.57. The number of furan rings is 1. The molecule has 0 saturated heterocycles. The largest absolute Gasteiger partial charge is 0.463 e. The van der Waals surface area contributed by atoms with Gasteiger partial charge in [-0.2, -0.15) is 0 Å². The smallest absolute Gasteiger partial charge is 0.240 e. The van der Waals surface area contributed by atoms with Crippen LogP contribution < -0.4 is 5.32 Å². The first-order chi connectivity index (χ1) is 11.0. The molecule has 0 aliphatic rings. The van der Waals surface area contributed by atoms with Gasteiger partial charge in [0, 0.05) is 11.7 Å². The topological polar surface area (TPSA) is 67.4 Å². The molecule has 0 bridgehead atoms. The summed E-state index contributed by atoms with van der Waals surface area (Å²) < 4.78 is 7.32. The Labute approximate surface area is 134 Å². The lowest BCUT2D eigenvalue weighted by atomic mass is 10.0. The minimum absolute atomic E-state index is 0.0952. The van der Waals surface area contributed by atoms with E-state index in [2.05, 4.69) is 5.32 Å². The maximum Gasteiger partial charge on any atom is 0.240 e. The number of aromatic nitrogens is 1. The number of benzene rings is 1. The van der Waals surface area contributed by atoms with Crippen LogP contribution in [0.25, 0.3) is 10.9 Å². The van der Waals surface area contributed by atoms with Crippen LogP contribution in [0.3, 0.4) is 0 Å². The molecule has 1 amide bonds. The Morgan fingerprint density at radius 1 is 1.26 bits per heavy atom. The van der Waals surface area contributed by atoms with Crippen LogP contribution in [0.2, 0.25) is 0 Å². The number of hydrogen-bond donors (Lipinski definition) is 2. The van der Waals surface area contributed by atoms with Crippen LogP contribution >= 0.6 is 0 Å². The first kappa shape index (κ1) is 15.4. The van der Waals surface area contributed by atoms with Gasteiger partial charge in [-0.25, -0.2) is 0 Å². The number of amides is 1. The zero-order valence-corrected chi connectivity index (χ0v) is 13.2. The third-order valence-corrected chi connectivity index (χ3v) is 3.90. The van der Waals surface area contributed by atoms with Crippen molar-refractivity contribution >= 4 is 16.8 Å². The molecule has 5 nitrogen and oxygen atoms in total. The Kier molecular flexibility index (Phi) is 3.96. The molecule has 2 aromatic heterocycles. The molecular weight excluding hydrogens is 292 g/mol. The molecule has 0 aliphatic heterocycles. The Balaban J connectivity index is 1.63. The highest BCUT2D eigenvalue weighted by atomic mass is 16.4. The number of nitrogens with one attached hydrogen (secondary N) is 1. The van der Waals surface area contributed by atoms with Gasteiger partial charge in [0.1, 0.15) is 23.7 Å². The number of fused-ring (bicyclic) bond motifs is 1. The summed E-state index contributed by atoms with van der Waals surface area (Å²) in [6.07, 6.45) is 1.89.